The van der Waals surface area contributed by atoms with E-state index >= 15 is 0 Å². The Hall–Kier alpha value is -3.68. The van der Waals surface area contributed by atoms with E-state index in [1.807, 2.05) is 30.3 Å². The lowest BCUT2D eigenvalue weighted by molar-refractivity contribution is -0.385. The van der Waals surface area contributed by atoms with Crippen molar-refractivity contribution in [2.24, 2.45) is 12.0 Å². The minimum absolute atomic E-state index is 0.159. The Kier molecular flexibility index (Phi) is 4.89. The number of hydrogen-bond donors (Lipinski definition) is 0. The van der Waals surface area contributed by atoms with Gasteiger partial charge in [0.05, 0.1) is 23.4 Å². The fraction of sp³-hybridized carbons (Fsp3) is 0.158. The van der Waals surface area contributed by atoms with E-state index in [4.69, 9.17) is 4.74 Å². The molecule has 3 aromatic rings. The van der Waals surface area contributed by atoms with Crippen LogP contribution in [0.3, 0.4) is 0 Å². The second-order valence-electron chi connectivity index (χ2n) is 5.86. The van der Waals surface area contributed by atoms with E-state index in [-0.39, 0.29) is 22.7 Å². The van der Waals surface area contributed by atoms with E-state index in [0.29, 0.717) is 11.3 Å². The van der Waals surface area contributed by atoms with Gasteiger partial charge in [-0.1, -0.05) is 18.2 Å². The molecule has 0 amide bonds. The van der Waals surface area contributed by atoms with Gasteiger partial charge in [0, 0.05) is 19.3 Å². The van der Waals surface area contributed by atoms with Crippen LogP contribution in [0.5, 0.6) is 5.75 Å². The molecular formula is C19H18N4O4. The smallest absolute Gasteiger partial charge is 0.311 e. The summed E-state index contributed by atoms with van der Waals surface area (Å²) in [6.45, 7) is 1.80. The van der Waals surface area contributed by atoms with Crippen molar-refractivity contribution in [2.75, 3.05) is 7.11 Å². The van der Waals surface area contributed by atoms with Crippen LogP contribution in [0.1, 0.15) is 11.3 Å². The quantitative estimate of drug-likeness (QED) is 0.394. The summed E-state index contributed by atoms with van der Waals surface area (Å²) < 4.78 is 8.24. The van der Waals surface area contributed by atoms with Gasteiger partial charge >= 0.3 is 5.69 Å². The maximum absolute atomic E-state index is 12.8. The topological polar surface area (TPSA) is 91.7 Å². The van der Waals surface area contributed by atoms with Crippen molar-refractivity contribution in [2.45, 2.75) is 6.92 Å². The fourth-order valence-electron chi connectivity index (χ4n) is 2.77. The van der Waals surface area contributed by atoms with Crippen LogP contribution in [0.4, 0.5) is 11.4 Å². The van der Waals surface area contributed by atoms with E-state index in [1.165, 1.54) is 30.1 Å². The molecule has 0 radical (unpaired) electrons. The summed E-state index contributed by atoms with van der Waals surface area (Å²) in [5, 5.41) is 11.1. The van der Waals surface area contributed by atoms with Crippen LogP contribution >= 0.6 is 0 Å². The molecule has 0 spiro atoms. The summed E-state index contributed by atoms with van der Waals surface area (Å²) in [6, 6.07) is 13.7. The molecule has 1 heterocycles. The Morgan fingerprint density at radius 3 is 2.52 bits per heavy atom. The Bertz CT molecular complexity index is 1080. The number of ether oxygens (including phenoxy) is 1. The SMILES string of the molecule is COc1ccc(C=Nc2c(C)n(C)n(-c3ccccc3)c2=O)cc1[N+](=O)[O-]. The molecule has 0 aliphatic carbocycles. The predicted molar refractivity (Wildman–Crippen MR) is 103 cm³/mol. The van der Waals surface area contributed by atoms with Gasteiger partial charge in [-0.15, -0.1) is 0 Å². The number of aliphatic imine (C=N–C) groups is 1. The summed E-state index contributed by atoms with van der Waals surface area (Å²) >= 11 is 0. The second-order valence-corrected chi connectivity index (χ2v) is 5.86. The maximum Gasteiger partial charge on any atom is 0.311 e. The zero-order valence-electron chi connectivity index (χ0n) is 15.1. The Morgan fingerprint density at radius 2 is 1.89 bits per heavy atom. The monoisotopic (exact) mass is 366 g/mol. The van der Waals surface area contributed by atoms with Crippen molar-refractivity contribution in [3.63, 3.8) is 0 Å². The van der Waals surface area contributed by atoms with Gasteiger partial charge < -0.3 is 4.74 Å². The number of nitro benzene ring substituents is 1. The predicted octanol–water partition coefficient (Wildman–Crippen LogP) is 3.15. The van der Waals surface area contributed by atoms with Crippen LogP contribution in [0.2, 0.25) is 0 Å². The van der Waals surface area contributed by atoms with Crippen LogP contribution in [-0.4, -0.2) is 27.6 Å². The van der Waals surface area contributed by atoms with Crippen molar-refractivity contribution in [1.82, 2.24) is 9.36 Å². The highest BCUT2D eigenvalue weighted by Crippen LogP contribution is 2.27. The van der Waals surface area contributed by atoms with Crippen LogP contribution in [0, 0.1) is 17.0 Å². The lowest BCUT2D eigenvalue weighted by atomic mass is 10.2. The van der Waals surface area contributed by atoms with Crippen LogP contribution in [-0.2, 0) is 7.05 Å². The molecule has 3 rings (SSSR count). The molecule has 0 aliphatic rings. The number of rotatable bonds is 5. The number of para-hydroxylation sites is 1. The van der Waals surface area contributed by atoms with Crippen molar-refractivity contribution >= 4 is 17.6 Å². The van der Waals surface area contributed by atoms with E-state index in [9.17, 15) is 14.9 Å². The molecule has 0 aliphatic heterocycles. The molecule has 0 bridgehead atoms. The highest BCUT2D eigenvalue weighted by Gasteiger charge is 2.16. The normalized spacial score (nSPS) is 11.1. The summed E-state index contributed by atoms with van der Waals surface area (Å²) in [6.07, 6.45) is 1.44. The minimum Gasteiger partial charge on any atom is -0.490 e. The number of nitro groups is 1. The van der Waals surface area contributed by atoms with Gasteiger partial charge in [0.2, 0.25) is 0 Å². The molecule has 1 aromatic heterocycles. The zero-order valence-corrected chi connectivity index (χ0v) is 15.1. The second kappa shape index (κ2) is 7.28. The first-order valence-corrected chi connectivity index (χ1v) is 8.14. The minimum atomic E-state index is -0.521. The van der Waals surface area contributed by atoms with Gasteiger partial charge in [-0.05, 0) is 36.8 Å². The highest BCUT2D eigenvalue weighted by atomic mass is 16.6. The third kappa shape index (κ3) is 3.37. The number of aromatic nitrogens is 2. The van der Waals surface area contributed by atoms with Crippen LogP contribution in [0.25, 0.3) is 5.69 Å². The van der Waals surface area contributed by atoms with Crippen molar-refractivity contribution in [1.29, 1.82) is 0 Å². The molecule has 138 valence electrons. The lowest BCUT2D eigenvalue weighted by Gasteiger charge is -2.07. The van der Waals surface area contributed by atoms with Gasteiger partial charge in [-0.25, -0.2) is 9.67 Å². The molecule has 8 heteroatoms. The lowest BCUT2D eigenvalue weighted by Crippen LogP contribution is -2.19. The van der Waals surface area contributed by atoms with E-state index in [0.717, 1.165) is 5.69 Å². The summed E-state index contributed by atoms with van der Waals surface area (Å²) in [4.78, 5) is 27.7. The van der Waals surface area contributed by atoms with Crippen LogP contribution in [0.15, 0.2) is 58.3 Å². The molecule has 8 nitrogen and oxygen atoms in total. The summed E-state index contributed by atoms with van der Waals surface area (Å²) in [7, 11) is 3.15. The van der Waals surface area contributed by atoms with Crippen molar-refractivity contribution in [3.05, 3.63) is 80.3 Å². The zero-order chi connectivity index (χ0) is 19.6. The third-order valence-corrected chi connectivity index (χ3v) is 4.27. The average molecular weight is 366 g/mol. The van der Waals surface area contributed by atoms with Gasteiger partial charge in [-0.3, -0.25) is 19.6 Å². The molecule has 0 atom stereocenters. The van der Waals surface area contributed by atoms with E-state index in [1.54, 1.807) is 24.7 Å². The molecular weight excluding hydrogens is 348 g/mol. The molecule has 0 N–H and O–H groups in total. The molecule has 27 heavy (non-hydrogen) atoms. The summed E-state index contributed by atoms with van der Waals surface area (Å²) in [5.74, 6) is 0.166. The number of hydrogen-bond acceptors (Lipinski definition) is 5. The van der Waals surface area contributed by atoms with Gasteiger partial charge in [0.15, 0.2) is 11.4 Å². The summed E-state index contributed by atoms with van der Waals surface area (Å²) in [5.41, 5.74) is 1.77. The van der Waals surface area contributed by atoms with Gasteiger partial charge in [-0.2, -0.15) is 0 Å². The maximum atomic E-state index is 12.8. The first-order chi connectivity index (χ1) is 12.9. The number of methoxy groups -OCH3 is 1. The first-order valence-electron chi connectivity index (χ1n) is 8.14. The van der Waals surface area contributed by atoms with Gasteiger partial charge in [0.25, 0.3) is 5.56 Å². The van der Waals surface area contributed by atoms with Crippen LogP contribution < -0.4 is 10.3 Å². The van der Waals surface area contributed by atoms with Crippen molar-refractivity contribution in [3.8, 4) is 11.4 Å². The Morgan fingerprint density at radius 1 is 1.19 bits per heavy atom. The largest absolute Gasteiger partial charge is 0.490 e. The molecule has 0 saturated carbocycles. The molecule has 0 fully saturated rings. The first kappa shape index (κ1) is 18.1. The van der Waals surface area contributed by atoms with E-state index in [2.05, 4.69) is 4.99 Å². The van der Waals surface area contributed by atoms with E-state index < -0.39 is 4.92 Å². The Balaban J connectivity index is 2.03. The molecule has 0 unspecified atom stereocenters. The van der Waals surface area contributed by atoms with Crippen molar-refractivity contribution < 1.29 is 9.66 Å². The highest BCUT2D eigenvalue weighted by molar-refractivity contribution is 5.83. The molecule has 2 aromatic carbocycles. The fourth-order valence-corrected chi connectivity index (χ4v) is 2.77. The molecule has 0 saturated heterocycles. The Labute approximate surface area is 155 Å². The van der Waals surface area contributed by atoms with Gasteiger partial charge in [0.1, 0.15) is 0 Å². The average Bonchev–Trinajstić information content (AvgIpc) is 2.89. The standard InChI is InChI=1S/C19H18N4O4/c1-13-18(19(24)22(21(13)2)15-7-5-4-6-8-15)20-12-14-9-10-17(27-3)16(11-14)23(25)26/h4-12H,1-3H3. The third-order valence-electron chi connectivity index (χ3n) is 4.27. The number of nitrogens with zero attached hydrogens (tertiary/aromatic N) is 4. The number of benzene rings is 2.